The molecule has 0 bridgehead atoms. The second-order valence-electron chi connectivity index (χ2n) is 15.0. The Morgan fingerprint density at radius 2 is 1.53 bits per heavy atom. The van der Waals surface area contributed by atoms with Crippen molar-refractivity contribution in [2.45, 2.75) is 18.9 Å². The highest BCUT2D eigenvalue weighted by atomic mass is 79.9. The van der Waals surface area contributed by atoms with Crippen molar-refractivity contribution in [3.8, 4) is 33.4 Å². The Morgan fingerprint density at radius 1 is 0.807 bits per heavy atom. The molecule has 4 aromatic carbocycles. The first kappa shape index (κ1) is 37.3. The normalized spacial score (nSPS) is 19.2. The van der Waals surface area contributed by atoms with E-state index in [0.717, 1.165) is 99.4 Å². The second kappa shape index (κ2) is 15.6. The molecule has 9 rings (SSSR count). The lowest BCUT2D eigenvalue weighted by Gasteiger charge is -2.44. The van der Waals surface area contributed by atoms with Gasteiger partial charge in [-0.25, -0.2) is 0 Å². The van der Waals surface area contributed by atoms with E-state index < -0.39 is 23.8 Å². The minimum atomic E-state index is -0.964. The average Bonchev–Trinajstić information content (AvgIpc) is 3.66. The number of piperidine rings is 1. The number of benzene rings is 4. The van der Waals surface area contributed by atoms with Crippen molar-refractivity contribution >= 4 is 66.7 Å². The van der Waals surface area contributed by atoms with E-state index in [4.69, 9.17) is 9.47 Å². The Kier molecular flexibility index (Phi) is 10.2. The van der Waals surface area contributed by atoms with E-state index in [1.165, 1.54) is 0 Å². The van der Waals surface area contributed by atoms with E-state index in [-0.39, 0.29) is 24.5 Å². The van der Waals surface area contributed by atoms with Crippen molar-refractivity contribution < 1.29 is 33.8 Å². The van der Waals surface area contributed by atoms with Gasteiger partial charge in [0.15, 0.2) is 5.75 Å². The number of ether oxygens (including phenoxy) is 2. The summed E-state index contributed by atoms with van der Waals surface area (Å²) in [4.78, 5) is 59.5. The number of amides is 4. The number of carbonyl (C=O) groups excluding carboxylic acids is 4. The predicted octanol–water partition coefficient (Wildman–Crippen LogP) is 6.36. The molecule has 0 saturated carbocycles. The summed E-state index contributed by atoms with van der Waals surface area (Å²) in [6.45, 7) is 8.12. The number of nitrogens with zero attached hydrogens (tertiary/aromatic N) is 4. The van der Waals surface area contributed by atoms with Crippen LogP contribution in [-0.2, 0) is 9.59 Å². The van der Waals surface area contributed by atoms with E-state index in [0.29, 0.717) is 29.4 Å². The third-order valence-corrected chi connectivity index (χ3v) is 12.9. The molecule has 12 nitrogen and oxygen atoms in total. The summed E-state index contributed by atoms with van der Waals surface area (Å²) in [5, 5.41) is 13.3. The Labute approximate surface area is 341 Å². The third kappa shape index (κ3) is 7.62. The highest BCUT2D eigenvalue weighted by molar-refractivity contribution is 9.10. The lowest BCUT2D eigenvalue weighted by atomic mass is 9.97. The zero-order valence-electron chi connectivity index (χ0n) is 31.0. The first-order chi connectivity index (χ1) is 27.7. The lowest BCUT2D eigenvalue weighted by Crippen LogP contribution is -2.55. The van der Waals surface area contributed by atoms with Gasteiger partial charge in [-0.2, -0.15) is 0 Å². The van der Waals surface area contributed by atoms with Crippen molar-refractivity contribution in [2.24, 2.45) is 5.92 Å². The highest BCUT2D eigenvalue weighted by Crippen LogP contribution is 2.47. The number of carbonyl (C=O) groups is 4. The number of nitrogens with one attached hydrogen (secondary N) is 1. The Bertz CT molecular complexity index is 2370. The molecule has 4 amide bonds. The van der Waals surface area contributed by atoms with E-state index in [9.17, 15) is 24.3 Å². The molecule has 0 aliphatic carbocycles. The van der Waals surface area contributed by atoms with Gasteiger partial charge in [-0.1, -0.05) is 28.1 Å². The first-order valence-corrected chi connectivity index (χ1v) is 20.8. The molecule has 1 atom stereocenters. The maximum absolute atomic E-state index is 13.3. The molecule has 14 heteroatoms. The maximum Gasteiger partial charge on any atom is 0.262 e. The Balaban J connectivity index is 0.718. The van der Waals surface area contributed by atoms with Crippen molar-refractivity contribution in [3.05, 3.63) is 101 Å². The lowest BCUT2D eigenvalue weighted by molar-refractivity contribution is -0.136. The van der Waals surface area contributed by atoms with Crippen LogP contribution in [-0.4, -0.2) is 108 Å². The van der Waals surface area contributed by atoms with E-state index in [1.54, 1.807) is 35.6 Å². The first-order valence-electron chi connectivity index (χ1n) is 19.1. The number of thiophene rings is 1. The van der Waals surface area contributed by atoms with Gasteiger partial charge in [0, 0.05) is 84.9 Å². The average molecular weight is 851 g/mol. The van der Waals surface area contributed by atoms with Crippen molar-refractivity contribution in [3.63, 3.8) is 0 Å². The van der Waals surface area contributed by atoms with Crippen molar-refractivity contribution in [1.29, 1.82) is 0 Å². The van der Waals surface area contributed by atoms with E-state index in [2.05, 4.69) is 48.1 Å². The number of hydrogen-bond acceptors (Lipinski definition) is 11. The zero-order chi connectivity index (χ0) is 39.2. The number of phenolic OH excluding ortho intramolecular Hbond substituents is 1. The van der Waals surface area contributed by atoms with E-state index >= 15 is 0 Å². The van der Waals surface area contributed by atoms with Gasteiger partial charge < -0.3 is 24.4 Å². The molecule has 3 fully saturated rings. The summed E-state index contributed by atoms with van der Waals surface area (Å²) in [5.41, 5.74) is 2.55. The molecule has 5 aromatic rings. The van der Waals surface area contributed by atoms with Crippen molar-refractivity contribution in [1.82, 2.24) is 20.0 Å². The smallest absolute Gasteiger partial charge is 0.262 e. The maximum atomic E-state index is 13.3. The minimum absolute atomic E-state index is 0.0974. The van der Waals surface area contributed by atoms with Crippen LogP contribution in [0.2, 0.25) is 0 Å². The number of fused-ring (bicyclic) bond motifs is 2. The molecule has 3 saturated heterocycles. The number of hydrogen-bond donors (Lipinski definition) is 2. The summed E-state index contributed by atoms with van der Waals surface area (Å²) in [6, 6.07) is 25.5. The van der Waals surface area contributed by atoms with Crippen LogP contribution in [0.5, 0.6) is 23.0 Å². The molecule has 0 spiro atoms. The van der Waals surface area contributed by atoms with Crippen molar-refractivity contribution in [2.75, 3.05) is 63.9 Å². The van der Waals surface area contributed by atoms with Gasteiger partial charge in [0.05, 0.1) is 16.0 Å². The molecule has 1 unspecified atom stereocenters. The molecule has 4 aliphatic rings. The summed E-state index contributed by atoms with van der Waals surface area (Å²) in [6.07, 6.45) is 0.240. The fraction of sp³-hybridized carbons (Fsp3) is 0.302. The quantitative estimate of drug-likeness (QED) is 0.145. The molecule has 1 aromatic heterocycles. The fourth-order valence-electron chi connectivity index (χ4n) is 8.08. The number of halogens is 1. The standard InChI is InChI=1S/C43H40BrN5O7S/c44-28-3-1-27(2-4-28)40-39(34-12-6-30(50)22-37(34)57-40)56-32-9-7-31(8-10-32)55-20-19-46-15-17-47(18-16-46)23-26-24-48(25-26)29-5-11-33-35(21-29)43(54)49(42(33)53)36-13-14-38(51)45-41(36)52/h1-12,21-22,26,36,50H,13-20,23-25H2,(H,45,51,52). The van der Waals surface area contributed by atoms with Gasteiger partial charge in [0.2, 0.25) is 11.8 Å². The van der Waals surface area contributed by atoms with E-state index in [1.807, 2.05) is 48.5 Å². The summed E-state index contributed by atoms with van der Waals surface area (Å²) >= 11 is 5.11. The number of rotatable bonds is 11. The van der Waals surface area contributed by atoms with Crippen LogP contribution in [0.15, 0.2) is 89.4 Å². The zero-order valence-corrected chi connectivity index (χ0v) is 33.4. The number of piperazine rings is 1. The predicted molar refractivity (Wildman–Crippen MR) is 220 cm³/mol. The van der Waals surface area contributed by atoms with Gasteiger partial charge in [0.25, 0.3) is 11.8 Å². The second-order valence-corrected chi connectivity index (χ2v) is 16.9. The van der Waals surface area contributed by atoms with Gasteiger partial charge >= 0.3 is 0 Å². The molecule has 57 heavy (non-hydrogen) atoms. The van der Waals surface area contributed by atoms with Gasteiger partial charge in [-0.05, 0) is 84.8 Å². The number of anilines is 1. The highest BCUT2D eigenvalue weighted by Gasteiger charge is 2.45. The largest absolute Gasteiger partial charge is 0.508 e. The summed E-state index contributed by atoms with van der Waals surface area (Å²) in [7, 11) is 0. The number of aromatic hydroxyl groups is 1. The monoisotopic (exact) mass is 849 g/mol. The molecule has 5 heterocycles. The topological polar surface area (TPSA) is 132 Å². The molecular formula is C43H40BrN5O7S. The van der Waals surface area contributed by atoms with Gasteiger partial charge in [0.1, 0.15) is 29.9 Å². The Morgan fingerprint density at radius 3 is 2.28 bits per heavy atom. The molecular weight excluding hydrogens is 810 g/mol. The third-order valence-electron chi connectivity index (χ3n) is 11.2. The number of phenols is 1. The SMILES string of the molecule is O=C1CCC(N2C(=O)c3ccc(N4CC(CN5CCN(CCOc6ccc(Oc7c(-c8ccc(Br)cc8)sc8cc(O)ccc78)cc6)CC5)C4)cc3C2=O)C(=O)N1. The van der Waals surface area contributed by atoms with Crippen LogP contribution in [0.3, 0.4) is 0 Å². The minimum Gasteiger partial charge on any atom is -0.508 e. The van der Waals surface area contributed by atoms with Crippen LogP contribution in [0.1, 0.15) is 33.6 Å². The summed E-state index contributed by atoms with van der Waals surface area (Å²) in [5.74, 6) is 1.03. The summed E-state index contributed by atoms with van der Waals surface area (Å²) < 4.78 is 14.6. The van der Waals surface area contributed by atoms with Crippen LogP contribution in [0, 0.1) is 5.92 Å². The van der Waals surface area contributed by atoms with Crippen LogP contribution >= 0.6 is 27.3 Å². The molecule has 4 aliphatic heterocycles. The Hall–Kier alpha value is -5.28. The van der Waals surface area contributed by atoms with Crippen LogP contribution in [0.25, 0.3) is 20.5 Å². The van der Waals surface area contributed by atoms with Crippen LogP contribution in [0.4, 0.5) is 5.69 Å². The van der Waals surface area contributed by atoms with Crippen LogP contribution < -0.4 is 19.7 Å². The molecule has 0 radical (unpaired) electrons. The fourth-order valence-corrected chi connectivity index (χ4v) is 9.51. The molecule has 2 N–H and O–H groups in total. The van der Waals surface area contributed by atoms with Gasteiger partial charge in [-0.15, -0.1) is 11.3 Å². The molecule has 292 valence electrons. The number of imide groups is 2. The van der Waals surface area contributed by atoms with Gasteiger partial charge in [-0.3, -0.25) is 34.3 Å².